The van der Waals surface area contributed by atoms with Gasteiger partial charge in [-0.3, -0.25) is 4.79 Å². The Morgan fingerprint density at radius 2 is 1.97 bits per heavy atom. The number of amides is 1. The summed E-state index contributed by atoms with van der Waals surface area (Å²) >= 11 is 3.60. The summed E-state index contributed by atoms with van der Waals surface area (Å²) in [6.45, 7) is 18.7. The third kappa shape index (κ3) is 6.05. The zero-order chi connectivity index (χ0) is 22.0. The van der Waals surface area contributed by atoms with Gasteiger partial charge in [0.1, 0.15) is 6.54 Å². The summed E-state index contributed by atoms with van der Waals surface area (Å²) in [5.74, 6) is 0.723. The van der Waals surface area contributed by atoms with Crippen LogP contribution in [0, 0.1) is 0 Å². The molecule has 0 N–H and O–H groups in total. The second-order valence-electron chi connectivity index (χ2n) is 6.69. The van der Waals surface area contributed by atoms with Crippen LogP contribution in [-0.4, -0.2) is 15.5 Å². The second kappa shape index (κ2) is 12.6. The average molecular weight is 462 g/mol. The Balaban J connectivity index is 0.00000204. The molecule has 29 heavy (non-hydrogen) atoms. The fourth-order valence-electron chi connectivity index (χ4n) is 3.30. The SMILES string of the molecule is C=C/C=C(/CC)C/C=C(/Br)C(=C)N1C(=O)Cn2c1nc(CC)c2CCCC.CC. The highest BCUT2D eigenvalue weighted by atomic mass is 79.9. The van der Waals surface area contributed by atoms with Crippen molar-refractivity contribution in [2.24, 2.45) is 0 Å². The zero-order valence-electron chi connectivity index (χ0n) is 18.7. The Morgan fingerprint density at radius 3 is 2.52 bits per heavy atom. The molecule has 1 aromatic rings. The molecule has 160 valence electrons. The molecule has 1 aliphatic heterocycles. The van der Waals surface area contributed by atoms with E-state index in [1.165, 1.54) is 11.3 Å². The quantitative estimate of drug-likeness (QED) is 0.356. The number of allylic oxidation sites excluding steroid dienone is 5. The van der Waals surface area contributed by atoms with Crippen LogP contribution in [0.2, 0.25) is 0 Å². The molecule has 0 fully saturated rings. The van der Waals surface area contributed by atoms with E-state index in [1.54, 1.807) is 11.0 Å². The van der Waals surface area contributed by atoms with Gasteiger partial charge in [0.2, 0.25) is 5.95 Å². The van der Waals surface area contributed by atoms with Crippen molar-refractivity contribution in [1.82, 2.24) is 9.55 Å². The Hall–Kier alpha value is -1.88. The van der Waals surface area contributed by atoms with Crippen LogP contribution in [0.3, 0.4) is 0 Å². The van der Waals surface area contributed by atoms with Crippen molar-refractivity contribution in [1.29, 1.82) is 0 Å². The van der Waals surface area contributed by atoms with Gasteiger partial charge in [0, 0.05) is 10.2 Å². The maximum Gasteiger partial charge on any atom is 0.253 e. The van der Waals surface area contributed by atoms with Crippen LogP contribution in [-0.2, 0) is 24.2 Å². The number of fused-ring (bicyclic) bond motifs is 1. The van der Waals surface area contributed by atoms with Gasteiger partial charge in [0.25, 0.3) is 5.91 Å². The second-order valence-corrected chi connectivity index (χ2v) is 7.55. The van der Waals surface area contributed by atoms with E-state index in [0.29, 0.717) is 18.2 Å². The first-order valence-corrected chi connectivity index (χ1v) is 11.5. The van der Waals surface area contributed by atoms with E-state index in [1.807, 2.05) is 19.9 Å². The number of aromatic nitrogens is 2. The smallest absolute Gasteiger partial charge is 0.253 e. The molecule has 2 heterocycles. The number of imidazole rings is 1. The summed E-state index contributed by atoms with van der Waals surface area (Å²) in [5.41, 5.74) is 4.20. The molecule has 1 amide bonds. The molecule has 0 radical (unpaired) electrons. The molecular weight excluding hydrogens is 426 g/mol. The zero-order valence-corrected chi connectivity index (χ0v) is 20.3. The van der Waals surface area contributed by atoms with Crippen molar-refractivity contribution in [2.45, 2.75) is 79.7 Å². The predicted molar refractivity (Wildman–Crippen MR) is 128 cm³/mol. The molecule has 4 nitrogen and oxygen atoms in total. The topological polar surface area (TPSA) is 38.1 Å². The van der Waals surface area contributed by atoms with Crippen molar-refractivity contribution < 1.29 is 4.79 Å². The first-order chi connectivity index (χ1) is 14.0. The summed E-state index contributed by atoms with van der Waals surface area (Å²) < 4.78 is 2.89. The van der Waals surface area contributed by atoms with Crippen molar-refractivity contribution in [3.8, 4) is 0 Å². The molecule has 0 unspecified atom stereocenters. The van der Waals surface area contributed by atoms with Crippen LogP contribution in [0.4, 0.5) is 5.95 Å². The summed E-state index contributed by atoms with van der Waals surface area (Å²) in [4.78, 5) is 19.1. The van der Waals surface area contributed by atoms with Gasteiger partial charge in [0.15, 0.2) is 0 Å². The Labute approximate surface area is 185 Å². The summed E-state index contributed by atoms with van der Waals surface area (Å²) in [6, 6.07) is 0. The first-order valence-electron chi connectivity index (χ1n) is 10.7. The van der Waals surface area contributed by atoms with Gasteiger partial charge in [-0.05, 0) is 48.0 Å². The molecule has 0 aromatic carbocycles. The van der Waals surface area contributed by atoms with Gasteiger partial charge in [0.05, 0.1) is 11.4 Å². The number of unbranched alkanes of at least 4 members (excludes halogenated alkanes) is 1. The molecular formula is C24H36BrN3O. The Morgan fingerprint density at radius 1 is 1.28 bits per heavy atom. The van der Waals surface area contributed by atoms with E-state index in [-0.39, 0.29) is 5.91 Å². The van der Waals surface area contributed by atoms with Gasteiger partial charge in [-0.1, -0.05) is 78.0 Å². The van der Waals surface area contributed by atoms with E-state index in [9.17, 15) is 4.79 Å². The minimum Gasteiger partial charge on any atom is -0.304 e. The number of anilines is 1. The fourth-order valence-corrected chi connectivity index (χ4v) is 3.64. The number of hydrogen-bond acceptors (Lipinski definition) is 2. The minimum absolute atomic E-state index is 0.0191. The summed E-state index contributed by atoms with van der Waals surface area (Å²) in [6.07, 6.45) is 11.7. The first kappa shape index (κ1) is 25.2. The third-order valence-corrected chi connectivity index (χ3v) is 5.66. The molecule has 0 atom stereocenters. The van der Waals surface area contributed by atoms with E-state index < -0.39 is 0 Å². The number of carbonyl (C=O) groups is 1. The highest BCUT2D eigenvalue weighted by Crippen LogP contribution is 2.33. The number of carbonyl (C=O) groups excluding carboxylic acids is 1. The number of halogens is 1. The summed E-state index contributed by atoms with van der Waals surface area (Å²) in [5, 5.41) is 0. The molecule has 0 spiro atoms. The van der Waals surface area contributed by atoms with Crippen molar-refractivity contribution >= 4 is 27.8 Å². The van der Waals surface area contributed by atoms with Crippen LogP contribution in [0.25, 0.3) is 0 Å². The Bertz CT molecular complexity index is 786. The molecule has 0 bridgehead atoms. The normalized spacial score (nSPS) is 13.9. The van der Waals surface area contributed by atoms with E-state index in [4.69, 9.17) is 4.98 Å². The van der Waals surface area contributed by atoms with Crippen LogP contribution in [0.5, 0.6) is 0 Å². The van der Waals surface area contributed by atoms with Crippen molar-refractivity contribution in [3.05, 3.63) is 58.5 Å². The van der Waals surface area contributed by atoms with E-state index >= 15 is 0 Å². The molecule has 1 aromatic heterocycles. The van der Waals surface area contributed by atoms with Gasteiger partial charge in [-0.25, -0.2) is 9.88 Å². The van der Waals surface area contributed by atoms with Crippen molar-refractivity contribution in [3.63, 3.8) is 0 Å². The van der Waals surface area contributed by atoms with E-state index in [0.717, 1.165) is 48.7 Å². The maximum atomic E-state index is 12.7. The lowest BCUT2D eigenvalue weighted by Gasteiger charge is -2.17. The lowest BCUT2D eigenvalue weighted by Crippen LogP contribution is -2.26. The van der Waals surface area contributed by atoms with Crippen LogP contribution >= 0.6 is 15.9 Å². The Kier molecular flexibility index (Phi) is 11.0. The molecule has 0 aliphatic carbocycles. The molecule has 1 aliphatic rings. The highest BCUT2D eigenvalue weighted by Gasteiger charge is 2.34. The van der Waals surface area contributed by atoms with Crippen LogP contribution in [0.15, 0.2) is 47.1 Å². The van der Waals surface area contributed by atoms with Crippen LogP contribution < -0.4 is 4.90 Å². The molecule has 5 heteroatoms. The molecule has 0 saturated carbocycles. The lowest BCUT2D eigenvalue weighted by molar-refractivity contribution is -0.117. The lowest BCUT2D eigenvalue weighted by atomic mass is 10.1. The molecule has 0 saturated heterocycles. The minimum atomic E-state index is 0.0191. The number of rotatable bonds is 10. The third-order valence-electron chi connectivity index (χ3n) is 4.88. The maximum absolute atomic E-state index is 12.7. The van der Waals surface area contributed by atoms with E-state index in [2.05, 4.69) is 60.5 Å². The number of nitrogens with zero attached hydrogens (tertiary/aromatic N) is 3. The fraction of sp³-hybridized carbons (Fsp3) is 0.500. The number of hydrogen-bond donors (Lipinski definition) is 0. The van der Waals surface area contributed by atoms with Crippen LogP contribution in [0.1, 0.15) is 71.7 Å². The van der Waals surface area contributed by atoms with Gasteiger partial charge >= 0.3 is 0 Å². The summed E-state index contributed by atoms with van der Waals surface area (Å²) in [7, 11) is 0. The number of aryl methyl sites for hydroxylation is 1. The van der Waals surface area contributed by atoms with Gasteiger partial charge in [-0.15, -0.1) is 0 Å². The monoisotopic (exact) mass is 461 g/mol. The standard InChI is InChI=1S/C22H30BrN3O.C2H6/c1-6-10-12-20-19(9-4)24-22-25(20)15-21(27)26(22)16(5)18(23)14-13-17(8-3)11-7-2;1-2/h7,11,14H,2,5-6,8-10,12-13,15H2,1,3-4H3;1-2H3/b17-11-,18-14+;. The van der Waals surface area contributed by atoms with Crippen molar-refractivity contribution in [2.75, 3.05) is 4.90 Å². The van der Waals surface area contributed by atoms with Gasteiger partial charge in [-0.2, -0.15) is 0 Å². The highest BCUT2D eigenvalue weighted by molar-refractivity contribution is 9.12. The average Bonchev–Trinajstić information content (AvgIpc) is 3.23. The largest absolute Gasteiger partial charge is 0.304 e. The predicted octanol–water partition coefficient (Wildman–Crippen LogP) is 6.87. The van der Waals surface area contributed by atoms with Gasteiger partial charge < -0.3 is 4.57 Å². The molecule has 2 rings (SSSR count).